The van der Waals surface area contributed by atoms with E-state index in [0.717, 1.165) is 47.3 Å². The smallest absolute Gasteiger partial charge is 0.264 e. The molecule has 2 aromatic heterocycles. The molecule has 1 amide bonds. The van der Waals surface area contributed by atoms with Crippen LogP contribution in [0.3, 0.4) is 0 Å². The molecule has 0 unspecified atom stereocenters. The van der Waals surface area contributed by atoms with Crippen molar-refractivity contribution in [3.05, 3.63) is 74.9 Å². The van der Waals surface area contributed by atoms with Gasteiger partial charge in [-0.1, -0.05) is 49.7 Å². The Bertz CT molecular complexity index is 1090. The van der Waals surface area contributed by atoms with Gasteiger partial charge < -0.3 is 14.5 Å². The van der Waals surface area contributed by atoms with Crippen LogP contribution in [0, 0.1) is 6.92 Å². The normalized spacial score (nSPS) is 14.2. The lowest BCUT2D eigenvalue weighted by Crippen LogP contribution is -2.49. The molecule has 0 saturated carbocycles. The van der Waals surface area contributed by atoms with E-state index in [1.165, 1.54) is 22.5 Å². The summed E-state index contributed by atoms with van der Waals surface area (Å²) in [6, 6.07) is 12.4. The Hall–Kier alpha value is -2.77. The van der Waals surface area contributed by atoms with Crippen LogP contribution in [0.2, 0.25) is 0 Å². The molecule has 33 heavy (non-hydrogen) atoms. The number of ether oxygens (including phenoxy) is 1. The molecule has 1 saturated heterocycles. The number of thiophene rings is 1. The molecule has 1 aliphatic rings. The van der Waals surface area contributed by atoms with Crippen LogP contribution in [0.5, 0.6) is 0 Å². The van der Waals surface area contributed by atoms with Crippen molar-refractivity contribution in [2.45, 2.75) is 39.7 Å². The number of amides is 1. The van der Waals surface area contributed by atoms with E-state index in [1.807, 2.05) is 22.4 Å². The van der Waals surface area contributed by atoms with E-state index in [0.29, 0.717) is 19.7 Å². The van der Waals surface area contributed by atoms with E-state index in [1.54, 1.807) is 7.11 Å². The Morgan fingerprint density at radius 2 is 1.91 bits per heavy atom. The zero-order valence-corrected chi connectivity index (χ0v) is 20.7. The summed E-state index contributed by atoms with van der Waals surface area (Å²) < 4.78 is 5.54. The first-order chi connectivity index (χ1) is 16.0. The summed E-state index contributed by atoms with van der Waals surface area (Å²) in [6.07, 6.45) is 0.752. The van der Waals surface area contributed by atoms with Gasteiger partial charge in [0.1, 0.15) is 11.6 Å². The molecule has 1 aliphatic heterocycles. The maximum atomic E-state index is 12.8. The molecule has 0 aliphatic carbocycles. The van der Waals surface area contributed by atoms with Crippen LogP contribution in [0.1, 0.15) is 57.6 Å². The van der Waals surface area contributed by atoms with Crippen LogP contribution in [-0.4, -0.2) is 54.1 Å². The predicted octanol–water partition coefficient (Wildman–Crippen LogP) is 4.67. The van der Waals surface area contributed by atoms with Crippen LogP contribution in [0.25, 0.3) is 0 Å². The second kappa shape index (κ2) is 10.4. The molecule has 1 aromatic carbocycles. The van der Waals surface area contributed by atoms with Gasteiger partial charge in [-0.25, -0.2) is 9.97 Å². The average molecular weight is 465 g/mol. The Kier molecular flexibility index (Phi) is 7.40. The van der Waals surface area contributed by atoms with Crippen molar-refractivity contribution in [1.82, 2.24) is 14.9 Å². The Morgan fingerprint density at radius 1 is 1.12 bits per heavy atom. The van der Waals surface area contributed by atoms with Gasteiger partial charge in [-0.15, -0.1) is 11.3 Å². The molecule has 0 radical (unpaired) electrons. The quantitative estimate of drug-likeness (QED) is 0.509. The molecule has 4 rings (SSSR count). The highest BCUT2D eigenvalue weighted by atomic mass is 32.1. The predicted molar refractivity (Wildman–Crippen MR) is 133 cm³/mol. The molecule has 1 fully saturated rings. The Morgan fingerprint density at radius 3 is 2.55 bits per heavy atom. The van der Waals surface area contributed by atoms with Crippen molar-refractivity contribution >= 4 is 23.1 Å². The number of aryl methyl sites for hydroxylation is 1. The standard InChI is InChI=1S/C26H32N4O2S/c1-18(2)24-27-22(17-32-4)21(16-20-8-5-7-19(3)15-20)25(28-24)29-10-12-30(13-11-29)26(31)23-9-6-14-33-23/h5-9,14-15,18H,10-13,16-17H2,1-4H3. The fraction of sp³-hybridized carbons (Fsp3) is 0.423. The van der Waals surface area contributed by atoms with Gasteiger partial charge in [-0.2, -0.15) is 0 Å². The molecule has 3 aromatic rings. The lowest BCUT2D eigenvalue weighted by molar-refractivity contribution is 0.0751. The van der Waals surface area contributed by atoms with E-state index in [4.69, 9.17) is 14.7 Å². The van der Waals surface area contributed by atoms with Gasteiger partial charge in [0, 0.05) is 51.2 Å². The maximum Gasteiger partial charge on any atom is 0.264 e. The fourth-order valence-electron chi connectivity index (χ4n) is 4.20. The number of carbonyl (C=O) groups is 1. The van der Waals surface area contributed by atoms with Gasteiger partial charge in [0.25, 0.3) is 5.91 Å². The zero-order chi connectivity index (χ0) is 23.4. The third-order valence-electron chi connectivity index (χ3n) is 5.95. The second-order valence-corrected chi connectivity index (χ2v) is 9.79. The van der Waals surface area contributed by atoms with E-state index >= 15 is 0 Å². The minimum absolute atomic E-state index is 0.121. The highest BCUT2D eigenvalue weighted by Gasteiger charge is 2.27. The Labute approximate surface area is 200 Å². The Balaban J connectivity index is 1.64. The molecule has 6 nitrogen and oxygen atoms in total. The number of methoxy groups -OCH3 is 1. The molecule has 0 spiro atoms. The van der Waals surface area contributed by atoms with Gasteiger partial charge in [0.15, 0.2) is 0 Å². The number of nitrogens with zero attached hydrogens (tertiary/aromatic N) is 4. The van der Waals surface area contributed by atoms with E-state index in [2.05, 4.69) is 49.9 Å². The number of aromatic nitrogens is 2. The van der Waals surface area contributed by atoms with Crippen molar-refractivity contribution in [2.75, 3.05) is 38.2 Å². The molecule has 7 heteroatoms. The molecule has 0 bridgehead atoms. The topological polar surface area (TPSA) is 58.6 Å². The number of hydrogen-bond donors (Lipinski definition) is 0. The monoisotopic (exact) mass is 464 g/mol. The number of carbonyl (C=O) groups excluding carboxylic acids is 1. The SMILES string of the molecule is COCc1nc(C(C)C)nc(N2CCN(C(=O)c3cccs3)CC2)c1Cc1cccc(C)c1. The third-order valence-corrected chi connectivity index (χ3v) is 6.81. The summed E-state index contributed by atoms with van der Waals surface area (Å²) in [7, 11) is 1.71. The van der Waals surface area contributed by atoms with Crippen molar-refractivity contribution in [3.63, 3.8) is 0 Å². The van der Waals surface area contributed by atoms with Gasteiger partial charge >= 0.3 is 0 Å². The van der Waals surface area contributed by atoms with E-state index in [9.17, 15) is 4.79 Å². The van der Waals surface area contributed by atoms with E-state index in [-0.39, 0.29) is 11.8 Å². The average Bonchev–Trinajstić information content (AvgIpc) is 3.35. The van der Waals surface area contributed by atoms with Crippen molar-refractivity contribution in [1.29, 1.82) is 0 Å². The van der Waals surface area contributed by atoms with Crippen molar-refractivity contribution in [2.24, 2.45) is 0 Å². The van der Waals surface area contributed by atoms with Crippen LogP contribution >= 0.6 is 11.3 Å². The molecular formula is C26H32N4O2S. The lowest BCUT2D eigenvalue weighted by Gasteiger charge is -2.36. The van der Waals surface area contributed by atoms with Gasteiger partial charge in [0.2, 0.25) is 0 Å². The summed E-state index contributed by atoms with van der Waals surface area (Å²) in [5.74, 6) is 2.15. The highest BCUT2D eigenvalue weighted by Crippen LogP contribution is 2.28. The third kappa shape index (κ3) is 5.42. The molecule has 0 atom stereocenters. The van der Waals surface area contributed by atoms with Gasteiger partial charge in [-0.3, -0.25) is 4.79 Å². The molecule has 0 N–H and O–H groups in total. The number of hydrogen-bond acceptors (Lipinski definition) is 6. The molecular weight excluding hydrogens is 432 g/mol. The van der Waals surface area contributed by atoms with Gasteiger partial charge in [-0.05, 0) is 23.9 Å². The van der Waals surface area contributed by atoms with E-state index < -0.39 is 0 Å². The first-order valence-corrected chi connectivity index (χ1v) is 12.4. The summed E-state index contributed by atoms with van der Waals surface area (Å²) >= 11 is 1.50. The minimum atomic E-state index is 0.121. The van der Waals surface area contributed by atoms with Crippen LogP contribution < -0.4 is 4.90 Å². The van der Waals surface area contributed by atoms with Crippen LogP contribution in [0.4, 0.5) is 5.82 Å². The highest BCUT2D eigenvalue weighted by molar-refractivity contribution is 7.12. The van der Waals surface area contributed by atoms with Gasteiger partial charge in [0.05, 0.1) is 17.2 Å². The van der Waals surface area contributed by atoms with Crippen LogP contribution in [0.15, 0.2) is 41.8 Å². The van der Waals surface area contributed by atoms with Crippen molar-refractivity contribution < 1.29 is 9.53 Å². The van der Waals surface area contributed by atoms with Crippen LogP contribution in [-0.2, 0) is 17.8 Å². The van der Waals surface area contributed by atoms with Crippen molar-refractivity contribution in [3.8, 4) is 0 Å². The summed E-state index contributed by atoms with van der Waals surface area (Å²) in [6.45, 7) is 9.66. The summed E-state index contributed by atoms with van der Waals surface area (Å²) in [5.41, 5.74) is 4.54. The summed E-state index contributed by atoms with van der Waals surface area (Å²) in [4.78, 5) is 27.8. The largest absolute Gasteiger partial charge is 0.378 e. The molecule has 174 valence electrons. The first-order valence-electron chi connectivity index (χ1n) is 11.5. The second-order valence-electron chi connectivity index (χ2n) is 8.84. The number of rotatable bonds is 7. The lowest BCUT2D eigenvalue weighted by atomic mass is 10.0. The summed E-state index contributed by atoms with van der Waals surface area (Å²) in [5, 5.41) is 1.95. The molecule has 3 heterocycles. The zero-order valence-electron chi connectivity index (χ0n) is 19.9. The first kappa shape index (κ1) is 23.4. The number of benzene rings is 1. The number of piperazine rings is 1. The minimum Gasteiger partial charge on any atom is -0.378 e. The number of anilines is 1. The fourth-order valence-corrected chi connectivity index (χ4v) is 4.89. The maximum absolute atomic E-state index is 12.8.